The van der Waals surface area contributed by atoms with Crippen LogP contribution >= 0.6 is 0 Å². The van der Waals surface area contributed by atoms with E-state index in [1.54, 1.807) is 7.11 Å². The zero-order valence-corrected chi connectivity index (χ0v) is 14.5. The lowest BCUT2D eigenvalue weighted by Gasteiger charge is -2.18. The van der Waals surface area contributed by atoms with Gasteiger partial charge >= 0.3 is 6.09 Å². The Morgan fingerprint density at radius 3 is 2.35 bits per heavy atom. The van der Waals surface area contributed by atoms with E-state index in [1.165, 1.54) is 0 Å². The van der Waals surface area contributed by atoms with Crippen LogP contribution in [0.5, 0.6) is 0 Å². The highest BCUT2D eigenvalue weighted by atomic mass is 28.2. The van der Waals surface area contributed by atoms with Gasteiger partial charge in [-0.15, -0.1) is 0 Å². The van der Waals surface area contributed by atoms with Gasteiger partial charge in [-0.1, -0.05) is 0 Å². The first kappa shape index (κ1) is 18.6. The van der Waals surface area contributed by atoms with Gasteiger partial charge in [0.05, 0.1) is 39.6 Å². The maximum absolute atomic E-state index is 11.8. The van der Waals surface area contributed by atoms with Gasteiger partial charge in [0.25, 0.3) is 0 Å². The highest BCUT2D eigenvalue weighted by Gasteiger charge is 2.25. The third kappa shape index (κ3) is 9.90. The molecule has 2 aliphatic heterocycles. The fourth-order valence-corrected chi connectivity index (χ4v) is 2.28. The highest BCUT2D eigenvalue weighted by Crippen LogP contribution is 2.11. The van der Waals surface area contributed by atoms with E-state index in [1.807, 2.05) is 0 Å². The number of epoxide rings is 2. The molecule has 0 aromatic heterocycles. The topological polar surface area (TPSA) is 91.1 Å². The average Bonchev–Trinajstić information content (AvgIpc) is 3.41. The minimum Gasteiger partial charge on any atom is -0.441 e. The summed E-state index contributed by atoms with van der Waals surface area (Å²) in [6.45, 7) is 3.67. The van der Waals surface area contributed by atoms with Crippen molar-refractivity contribution >= 4 is 15.9 Å². The molecule has 2 fully saturated rings. The Balaban J connectivity index is 1.56. The number of carbonyl (C=O) groups excluding carboxylic acids is 1. The third-order valence-corrected chi connectivity index (χ3v) is 4.01. The highest BCUT2D eigenvalue weighted by molar-refractivity contribution is 6.26. The fourth-order valence-electron chi connectivity index (χ4n) is 1.75. The molecular weight excluding hydrogens is 322 g/mol. The standard InChI is InChI=1S/C14H25NO7Si/c1-17-23-4-2-3-15-14(16)22-13(7-18-5-11-9-20-11)8-19-6-12-10-21-12/h11-13H,2-10H2,1H3,(H,15,16). The van der Waals surface area contributed by atoms with Crippen molar-refractivity contribution in [2.75, 3.05) is 53.3 Å². The monoisotopic (exact) mass is 347 g/mol. The largest absolute Gasteiger partial charge is 0.441 e. The van der Waals surface area contributed by atoms with Crippen molar-refractivity contribution in [3.63, 3.8) is 0 Å². The predicted molar refractivity (Wildman–Crippen MR) is 81.6 cm³/mol. The number of amides is 1. The third-order valence-electron chi connectivity index (χ3n) is 3.16. The fraction of sp³-hybridized carbons (Fsp3) is 0.929. The Kier molecular flexibility index (Phi) is 8.87. The Bertz CT molecular complexity index is 321. The molecule has 2 heterocycles. The predicted octanol–water partition coefficient (Wildman–Crippen LogP) is -0.0140. The van der Waals surface area contributed by atoms with Crippen LogP contribution in [0.3, 0.4) is 0 Å². The van der Waals surface area contributed by atoms with Crippen LogP contribution in [0.25, 0.3) is 0 Å². The molecule has 2 radical (unpaired) electrons. The minimum absolute atomic E-state index is 0.187. The molecule has 9 heteroatoms. The number of carbonyl (C=O) groups is 1. The molecular formula is C14H25NO7Si. The minimum atomic E-state index is -0.451. The zero-order valence-electron chi connectivity index (χ0n) is 13.5. The van der Waals surface area contributed by atoms with Gasteiger partial charge in [-0.05, 0) is 12.5 Å². The summed E-state index contributed by atoms with van der Waals surface area (Å²) in [6, 6.07) is 0.926. The SMILES string of the molecule is CO[Si]CCCNC(=O)OC(COCC1CO1)COCC1CO1. The molecule has 1 amide bonds. The van der Waals surface area contributed by atoms with Gasteiger partial charge in [0.2, 0.25) is 9.76 Å². The number of rotatable bonds is 14. The molecule has 0 aliphatic carbocycles. The number of alkyl carbamates (subject to hydrolysis) is 1. The van der Waals surface area contributed by atoms with E-state index in [0.29, 0.717) is 42.7 Å². The Morgan fingerprint density at radius 1 is 1.22 bits per heavy atom. The summed E-state index contributed by atoms with van der Waals surface area (Å²) in [4.78, 5) is 11.8. The first-order valence-corrected chi connectivity index (χ1v) is 8.98. The lowest BCUT2D eigenvalue weighted by Crippen LogP contribution is -2.35. The molecule has 8 nitrogen and oxygen atoms in total. The number of hydrogen-bond donors (Lipinski definition) is 1. The van der Waals surface area contributed by atoms with E-state index < -0.39 is 12.2 Å². The summed E-state index contributed by atoms with van der Waals surface area (Å²) >= 11 is 0. The van der Waals surface area contributed by atoms with E-state index in [4.69, 9.17) is 28.1 Å². The summed E-state index contributed by atoms with van der Waals surface area (Å²) in [5, 5.41) is 2.72. The molecule has 0 bridgehead atoms. The van der Waals surface area contributed by atoms with Crippen molar-refractivity contribution in [1.29, 1.82) is 0 Å². The summed E-state index contributed by atoms with van der Waals surface area (Å²) < 4.78 is 31.5. The lowest BCUT2D eigenvalue weighted by molar-refractivity contribution is -0.0323. The van der Waals surface area contributed by atoms with Crippen LogP contribution in [-0.4, -0.2) is 87.5 Å². The van der Waals surface area contributed by atoms with Gasteiger partial charge in [0.1, 0.15) is 12.2 Å². The molecule has 2 saturated heterocycles. The van der Waals surface area contributed by atoms with E-state index in [-0.39, 0.29) is 12.2 Å². The van der Waals surface area contributed by atoms with Gasteiger partial charge in [-0.25, -0.2) is 4.79 Å². The summed E-state index contributed by atoms with van der Waals surface area (Å²) in [5.41, 5.74) is 0. The van der Waals surface area contributed by atoms with E-state index in [0.717, 1.165) is 25.7 Å². The number of nitrogens with one attached hydrogen (secondary N) is 1. The van der Waals surface area contributed by atoms with Crippen molar-refractivity contribution in [2.24, 2.45) is 0 Å². The van der Waals surface area contributed by atoms with Gasteiger partial charge in [-0.3, -0.25) is 0 Å². The van der Waals surface area contributed by atoms with Crippen LogP contribution in [0.15, 0.2) is 0 Å². The van der Waals surface area contributed by atoms with Crippen molar-refractivity contribution in [3.8, 4) is 0 Å². The maximum Gasteiger partial charge on any atom is 0.407 e. The van der Waals surface area contributed by atoms with Crippen LogP contribution in [-0.2, 0) is 28.1 Å². The molecule has 132 valence electrons. The van der Waals surface area contributed by atoms with Crippen molar-refractivity contribution in [3.05, 3.63) is 0 Å². The lowest BCUT2D eigenvalue weighted by atomic mass is 10.4. The molecule has 2 atom stereocenters. The first-order valence-electron chi connectivity index (χ1n) is 7.87. The quantitative estimate of drug-likeness (QED) is 0.268. The van der Waals surface area contributed by atoms with E-state index in [9.17, 15) is 4.79 Å². The van der Waals surface area contributed by atoms with Crippen LogP contribution in [0.4, 0.5) is 4.79 Å². The van der Waals surface area contributed by atoms with E-state index in [2.05, 4.69) is 5.32 Å². The molecule has 0 aromatic carbocycles. The van der Waals surface area contributed by atoms with Crippen molar-refractivity contribution in [1.82, 2.24) is 5.32 Å². The molecule has 0 aromatic rings. The summed E-state index contributed by atoms with van der Waals surface area (Å²) in [7, 11) is 2.14. The van der Waals surface area contributed by atoms with Gasteiger partial charge in [-0.2, -0.15) is 0 Å². The summed E-state index contributed by atoms with van der Waals surface area (Å²) in [5.74, 6) is 0. The Hall–Kier alpha value is -0.713. The number of hydrogen-bond acceptors (Lipinski definition) is 7. The number of ether oxygens (including phenoxy) is 5. The van der Waals surface area contributed by atoms with Crippen LogP contribution in [0, 0.1) is 0 Å². The Labute approximate surface area is 139 Å². The Morgan fingerprint density at radius 2 is 1.83 bits per heavy atom. The van der Waals surface area contributed by atoms with Gasteiger partial charge < -0.3 is 33.4 Å². The van der Waals surface area contributed by atoms with Crippen LogP contribution in [0.1, 0.15) is 6.42 Å². The molecule has 2 rings (SSSR count). The molecule has 0 saturated carbocycles. The normalized spacial score (nSPS) is 23.3. The van der Waals surface area contributed by atoms with Gasteiger partial charge in [0, 0.05) is 13.7 Å². The zero-order chi connectivity index (χ0) is 16.3. The second-order valence-corrected chi connectivity index (χ2v) is 6.59. The second kappa shape index (κ2) is 10.9. The van der Waals surface area contributed by atoms with Crippen LogP contribution in [0.2, 0.25) is 6.04 Å². The molecule has 1 N–H and O–H groups in total. The van der Waals surface area contributed by atoms with E-state index >= 15 is 0 Å². The average molecular weight is 347 g/mol. The van der Waals surface area contributed by atoms with Gasteiger partial charge in [0.15, 0.2) is 6.10 Å². The molecule has 23 heavy (non-hydrogen) atoms. The molecule has 0 spiro atoms. The second-order valence-electron chi connectivity index (χ2n) is 5.39. The van der Waals surface area contributed by atoms with Crippen molar-refractivity contribution in [2.45, 2.75) is 30.8 Å². The maximum atomic E-state index is 11.8. The summed E-state index contributed by atoms with van der Waals surface area (Å²) in [6.07, 6.45) is 0.345. The molecule has 2 unspecified atom stereocenters. The van der Waals surface area contributed by atoms with Crippen LogP contribution < -0.4 is 5.32 Å². The molecule has 2 aliphatic rings. The van der Waals surface area contributed by atoms with Crippen molar-refractivity contribution < 1.29 is 32.9 Å². The smallest absolute Gasteiger partial charge is 0.407 e. The first-order chi connectivity index (χ1) is 11.3.